The van der Waals surface area contributed by atoms with Crippen molar-refractivity contribution in [1.29, 1.82) is 0 Å². The van der Waals surface area contributed by atoms with Gasteiger partial charge in [0, 0.05) is 42.6 Å². The number of aromatic nitrogens is 2. The summed E-state index contributed by atoms with van der Waals surface area (Å²) in [6.45, 7) is 1.49. The number of aryl methyl sites for hydroxylation is 1. The Bertz CT molecular complexity index is 983. The summed E-state index contributed by atoms with van der Waals surface area (Å²) in [5.74, 6) is 1.43. The van der Waals surface area contributed by atoms with E-state index in [-0.39, 0.29) is 11.5 Å². The van der Waals surface area contributed by atoms with Crippen LogP contribution < -0.4 is 4.90 Å². The van der Waals surface area contributed by atoms with Crippen molar-refractivity contribution in [2.75, 3.05) is 30.0 Å². The van der Waals surface area contributed by atoms with Crippen LogP contribution in [0.25, 0.3) is 22.2 Å². The number of furan rings is 1. The van der Waals surface area contributed by atoms with E-state index in [4.69, 9.17) is 9.40 Å². The minimum absolute atomic E-state index is 0.104. The zero-order chi connectivity index (χ0) is 19.5. The van der Waals surface area contributed by atoms with Crippen LogP contribution in [0.3, 0.4) is 0 Å². The number of carbonyl (C=O) groups excluding carboxylic acids is 1. The monoisotopic (exact) mass is 399 g/mol. The molecule has 7 heteroatoms. The third-order valence-corrected chi connectivity index (χ3v) is 5.79. The number of benzene rings is 1. The van der Waals surface area contributed by atoms with Gasteiger partial charge in [-0.2, -0.15) is 11.8 Å². The number of nitrogens with zero attached hydrogens (tertiary/aromatic N) is 3. The Labute approximate surface area is 167 Å². The van der Waals surface area contributed by atoms with E-state index >= 15 is 0 Å². The molecule has 0 aliphatic carbocycles. The number of thioether (sulfide) groups is 1. The molecule has 146 valence electrons. The summed E-state index contributed by atoms with van der Waals surface area (Å²) < 4.78 is 19.7. The van der Waals surface area contributed by atoms with Crippen molar-refractivity contribution in [1.82, 2.24) is 9.97 Å². The third-order valence-electron chi connectivity index (χ3n) is 5.18. The van der Waals surface area contributed by atoms with E-state index in [9.17, 15) is 9.18 Å². The Morgan fingerprint density at radius 1 is 1.36 bits per heavy atom. The van der Waals surface area contributed by atoms with Crippen molar-refractivity contribution in [3.63, 3.8) is 0 Å². The van der Waals surface area contributed by atoms with Crippen LogP contribution in [-0.4, -0.2) is 41.4 Å². The molecule has 2 aromatic heterocycles. The fourth-order valence-electron chi connectivity index (χ4n) is 3.59. The molecule has 3 aromatic rings. The summed E-state index contributed by atoms with van der Waals surface area (Å²) >= 11 is 1.77. The summed E-state index contributed by atoms with van der Waals surface area (Å²) in [5.41, 5.74) is 2.53. The van der Waals surface area contributed by atoms with Gasteiger partial charge in [-0.15, -0.1) is 0 Å². The number of hydrogen-bond donors (Lipinski definition) is 0. The fraction of sp³-hybridized carbons (Fsp3) is 0.381. The molecule has 4 rings (SSSR count). The van der Waals surface area contributed by atoms with Gasteiger partial charge in [0.15, 0.2) is 17.2 Å². The number of anilines is 1. The van der Waals surface area contributed by atoms with E-state index in [0.717, 1.165) is 55.9 Å². The van der Waals surface area contributed by atoms with Crippen molar-refractivity contribution in [2.45, 2.75) is 19.3 Å². The number of piperidine rings is 1. The molecule has 3 heterocycles. The van der Waals surface area contributed by atoms with Crippen molar-refractivity contribution >= 4 is 34.8 Å². The van der Waals surface area contributed by atoms with Crippen LogP contribution in [0, 0.1) is 11.7 Å². The maximum atomic E-state index is 14.5. The number of carbonyl (C=O) groups is 1. The van der Waals surface area contributed by atoms with E-state index in [1.54, 1.807) is 24.0 Å². The largest absolute Gasteiger partial charge is 0.461 e. The van der Waals surface area contributed by atoms with Crippen molar-refractivity contribution in [3.8, 4) is 11.3 Å². The molecule has 0 spiro atoms. The summed E-state index contributed by atoms with van der Waals surface area (Å²) in [6, 6.07) is 5.09. The lowest BCUT2D eigenvalue weighted by molar-refractivity contribution is -0.111. The highest BCUT2D eigenvalue weighted by molar-refractivity contribution is 7.98. The Balaban J connectivity index is 1.75. The second kappa shape index (κ2) is 8.31. The van der Waals surface area contributed by atoms with Gasteiger partial charge >= 0.3 is 0 Å². The second-order valence-electron chi connectivity index (χ2n) is 7.03. The number of hydrogen-bond acceptors (Lipinski definition) is 6. The van der Waals surface area contributed by atoms with Gasteiger partial charge in [0.25, 0.3) is 0 Å². The Morgan fingerprint density at radius 2 is 2.18 bits per heavy atom. The minimum Gasteiger partial charge on any atom is -0.461 e. The average Bonchev–Trinajstić information content (AvgIpc) is 3.21. The summed E-state index contributed by atoms with van der Waals surface area (Å²) in [4.78, 5) is 22.8. The molecule has 1 saturated heterocycles. The van der Waals surface area contributed by atoms with E-state index in [0.29, 0.717) is 16.6 Å². The lowest BCUT2D eigenvalue weighted by Gasteiger charge is -2.31. The Morgan fingerprint density at radius 3 is 2.93 bits per heavy atom. The first kappa shape index (κ1) is 18.9. The van der Waals surface area contributed by atoms with Gasteiger partial charge in [0.1, 0.15) is 12.0 Å². The third kappa shape index (κ3) is 3.76. The molecule has 0 bridgehead atoms. The quantitative estimate of drug-likeness (QED) is 0.575. The predicted octanol–water partition coefficient (Wildman–Crippen LogP) is 4.35. The van der Waals surface area contributed by atoms with Gasteiger partial charge in [-0.1, -0.05) is 0 Å². The number of aldehydes is 1. The maximum absolute atomic E-state index is 14.5. The van der Waals surface area contributed by atoms with E-state index in [1.165, 1.54) is 12.3 Å². The highest BCUT2D eigenvalue weighted by atomic mass is 32.2. The van der Waals surface area contributed by atoms with Crippen LogP contribution in [0.2, 0.25) is 0 Å². The smallest absolute Gasteiger partial charge is 0.169 e. The van der Waals surface area contributed by atoms with Crippen molar-refractivity contribution < 1.29 is 13.6 Å². The predicted molar refractivity (Wildman–Crippen MR) is 110 cm³/mol. The number of halogens is 1. The molecule has 0 radical (unpaired) electrons. The molecule has 1 aliphatic rings. The average molecular weight is 399 g/mol. The molecule has 28 heavy (non-hydrogen) atoms. The van der Waals surface area contributed by atoms with Crippen LogP contribution in [0.15, 0.2) is 35.1 Å². The first-order valence-electron chi connectivity index (χ1n) is 9.42. The highest BCUT2D eigenvalue weighted by Crippen LogP contribution is 2.33. The van der Waals surface area contributed by atoms with Crippen LogP contribution in [0.1, 0.15) is 18.5 Å². The molecule has 1 fully saturated rings. The SMILES string of the molecule is CSCCc1cnc(-c2cc(F)c3occc3c2)c(N2CCC(C=O)CC2)n1. The fourth-order valence-corrected chi connectivity index (χ4v) is 4.00. The summed E-state index contributed by atoms with van der Waals surface area (Å²) in [6.07, 6.45) is 8.81. The second-order valence-corrected chi connectivity index (χ2v) is 8.02. The van der Waals surface area contributed by atoms with Crippen molar-refractivity contribution in [3.05, 3.63) is 42.2 Å². The van der Waals surface area contributed by atoms with Crippen LogP contribution >= 0.6 is 11.8 Å². The molecule has 1 aliphatic heterocycles. The maximum Gasteiger partial charge on any atom is 0.169 e. The van der Waals surface area contributed by atoms with Gasteiger partial charge in [-0.25, -0.2) is 9.37 Å². The van der Waals surface area contributed by atoms with Gasteiger partial charge < -0.3 is 14.1 Å². The first-order valence-corrected chi connectivity index (χ1v) is 10.8. The summed E-state index contributed by atoms with van der Waals surface area (Å²) in [7, 11) is 0. The lowest BCUT2D eigenvalue weighted by atomic mass is 9.98. The molecule has 1 aromatic carbocycles. The zero-order valence-corrected chi connectivity index (χ0v) is 16.5. The van der Waals surface area contributed by atoms with E-state index in [1.807, 2.05) is 6.07 Å². The zero-order valence-electron chi connectivity index (χ0n) is 15.7. The van der Waals surface area contributed by atoms with Gasteiger partial charge in [0.05, 0.1) is 12.0 Å². The van der Waals surface area contributed by atoms with Crippen molar-refractivity contribution in [2.24, 2.45) is 5.92 Å². The molecule has 5 nitrogen and oxygen atoms in total. The Kier molecular flexibility index (Phi) is 5.62. The number of rotatable bonds is 6. The van der Waals surface area contributed by atoms with Gasteiger partial charge in [-0.05, 0) is 43.0 Å². The molecular formula is C21H22FN3O2S. The van der Waals surface area contributed by atoms with E-state index in [2.05, 4.69) is 16.1 Å². The summed E-state index contributed by atoms with van der Waals surface area (Å²) in [5, 5.41) is 0.703. The molecule has 0 saturated carbocycles. The lowest BCUT2D eigenvalue weighted by Crippen LogP contribution is -2.35. The topological polar surface area (TPSA) is 59.2 Å². The van der Waals surface area contributed by atoms with E-state index < -0.39 is 5.82 Å². The molecule has 0 amide bonds. The number of fused-ring (bicyclic) bond motifs is 1. The molecule has 0 atom stereocenters. The molecular weight excluding hydrogens is 377 g/mol. The first-order chi connectivity index (χ1) is 13.7. The molecule has 0 unspecified atom stereocenters. The van der Waals surface area contributed by atoms with Crippen LogP contribution in [-0.2, 0) is 11.2 Å². The van der Waals surface area contributed by atoms with Gasteiger partial charge in [-0.3, -0.25) is 4.98 Å². The standard InChI is InChI=1S/C21H22FN3O2S/c1-28-9-5-17-12-23-19(16-10-15-4-8-27-20(15)18(22)11-16)21(24-17)25-6-2-14(13-26)3-7-25/h4,8,10-14H,2-3,5-7,9H2,1H3. The Hall–Kier alpha value is -2.41. The minimum atomic E-state index is -0.406. The normalized spacial score (nSPS) is 15.3. The van der Waals surface area contributed by atoms with Crippen LogP contribution in [0.5, 0.6) is 0 Å². The van der Waals surface area contributed by atoms with Crippen LogP contribution in [0.4, 0.5) is 10.2 Å². The van der Waals surface area contributed by atoms with Gasteiger partial charge in [0.2, 0.25) is 0 Å². The highest BCUT2D eigenvalue weighted by Gasteiger charge is 2.24. The molecule has 0 N–H and O–H groups in total.